The van der Waals surface area contributed by atoms with Crippen molar-refractivity contribution < 1.29 is 14.3 Å². The zero-order valence-corrected chi connectivity index (χ0v) is 17.2. The number of aryl methyl sites for hydroxylation is 2. The lowest BCUT2D eigenvalue weighted by Crippen LogP contribution is -2.35. The first-order valence-corrected chi connectivity index (χ1v) is 9.87. The molecule has 1 atom stereocenters. The molecular formula is C22H32N2O3. The summed E-state index contributed by atoms with van der Waals surface area (Å²) in [6.45, 7) is 9.46. The second-order valence-corrected chi connectivity index (χ2v) is 8.55. The zero-order valence-electron chi connectivity index (χ0n) is 17.2. The van der Waals surface area contributed by atoms with Crippen LogP contribution in [0.4, 0.5) is 4.79 Å². The number of alkyl carbamates (subject to hydrolysis) is 1. The van der Waals surface area contributed by atoms with Gasteiger partial charge in [0.05, 0.1) is 6.04 Å². The van der Waals surface area contributed by atoms with E-state index in [1.807, 2.05) is 20.8 Å². The number of benzene rings is 1. The van der Waals surface area contributed by atoms with Gasteiger partial charge in [0.15, 0.2) is 0 Å². The van der Waals surface area contributed by atoms with Crippen LogP contribution in [-0.4, -0.2) is 30.0 Å². The van der Waals surface area contributed by atoms with E-state index in [0.717, 1.165) is 32.4 Å². The number of rotatable bonds is 7. The maximum atomic E-state index is 12.5. The lowest BCUT2D eigenvalue weighted by atomic mass is 9.99. The number of hydrogen-bond acceptors (Lipinski definition) is 3. The Morgan fingerprint density at radius 3 is 2.70 bits per heavy atom. The average molecular weight is 373 g/mol. The van der Waals surface area contributed by atoms with Crippen molar-refractivity contribution in [3.05, 3.63) is 35.5 Å². The average Bonchev–Trinajstić information content (AvgIpc) is 3.34. The third-order valence-electron chi connectivity index (χ3n) is 4.99. The monoisotopic (exact) mass is 372 g/mol. The number of methoxy groups -OCH3 is 1. The Hall–Kier alpha value is -2.01. The van der Waals surface area contributed by atoms with Gasteiger partial charge in [-0.05, 0) is 64.5 Å². The molecule has 0 bridgehead atoms. The normalized spacial score (nSPS) is 15.7. The third-order valence-corrected chi connectivity index (χ3v) is 4.99. The van der Waals surface area contributed by atoms with Crippen molar-refractivity contribution in [3.63, 3.8) is 0 Å². The van der Waals surface area contributed by atoms with E-state index in [9.17, 15) is 4.79 Å². The summed E-state index contributed by atoms with van der Waals surface area (Å²) in [6.07, 6.45) is 5.12. The van der Waals surface area contributed by atoms with Crippen molar-refractivity contribution >= 4 is 17.0 Å². The van der Waals surface area contributed by atoms with E-state index in [-0.39, 0.29) is 12.1 Å². The number of ether oxygens (including phenoxy) is 2. The fraction of sp³-hybridized carbons (Fsp3) is 0.591. The molecule has 148 valence electrons. The Kier molecular flexibility index (Phi) is 5.80. The van der Waals surface area contributed by atoms with Gasteiger partial charge in [0, 0.05) is 42.9 Å². The van der Waals surface area contributed by atoms with Crippen molar-refractivity contribution in [2.24, 2.45) is 5.92 Å². The van der Waals surface area contributed by atoms with Crippen LogP contribution in [-0.2, 0) is 16.0 Å². The van der Waals surface area contributed by atoms with E-state index in [1.165, 1.54) is 22.0 Å². The number of nitrogens with zero attached hydrogens (tertiary/aromatic N) is 1. The van der Waals surface area contributed by atoms with E-state index in [0.29, 0.717) is 5.92 Å². The molecule has 1 aliphatic rings. The van der Waals surface area contributed by atoms with Crippen LogP contribution in [0.25, 0.3) is 10.9 Å². The molecule has 1 fully saturated rings. The lowest BCUT2D eigenvalue weighted by Gasteiger charge is -2.24. The second-order valence-electron chi connectivity index (χ2n) is 8.55. The highest BCUT2D eigenvalue weighted by Gasteiger charge is 2.36. The van der Waals surface area contributed by atoms with E-state index in [2.05, 4.69) is 41.2 Å². The van der Waals surface area contributed by atoms with Crippen molar-refractivity contribution in [2.45, 2.75) is 65.1 Å². The smallest absolute Gasteiger partial charge is 0.408 e. The Morgan fingerprint density at radius 1 is 1.33 bits per heavy atom. The van der Waals surface area contributed by atoms with Crippen LogP contribution in [0.2, 0.25) is 0 Å². The summed E-state index contributed by atoms with van der Waals surface area (Å²) < 4.78 is 13.0. The molecule has 1 heterocycles. The summed E-state index contributed by atoms with van der Waals surface area (Å²) in [7, 11) is 1.73. The molecule has 5 heteroatoms. The first kappa shape index (κ1) is 19.7. The van der Waals surface area contributed by atoms with Gasteiger partial charge in [0.1, 0.15) is 5.60 Å². The zero-order chi connectivity index (χ0) is 19.6. The maximum Gasteiger partial charge on any atom is 0.408 e. The van der Waals surface area contributed by atoms with Crippen LogP contribution in [0.1, 0.15) is 57.2 Å². The maximum absolute atomic E-state index is 12.5. The minimum Gasteiger partial charge on any atom is -0.444 e. The van der Waals surface area contributed by atoms with Gasteiger partial charge in [-0.15, -0.1) is 0 Å². The van der Waals surface area contributed by atoms with Crippen LogP contribution >= 0.6 is 0 Å². The van der Waals surface area contributed by atoms with Crippen molar-refractivity contribution in [2.75, 3.05) is 13.7 Å². The van der Waals surface area contributed by atoms with Gasteiger partial charge in [-0.1, -0.05) is 12.1 Å². The van der Waals surface area contributed by atoms with Gasteiger partial charge < -0.3 is 19.4 Å². The standard InChI is InChI=1S/C22H32N2O3/c1-15-8-6-9-18-19(15)17(14-24(18)12-7-13-26-5)20(16-10-11-16)23-21(25)27-22(2,3)4/h6,8-9,14,16,20H,7,10-13H2,1-5H3,(H,23,25). The summed E-state index contributed by atoms with van der Waals surface area (Å²) in [4.78, 5) is 12.5. The van der Waals surface area contributed by atoms with E-state index < -0.39 is 5.60 Å². The highest BCUT2D eigenvalue weighted by atomic mass is 16.6. The van der Waals surface area contributed by atoms with Crippen molar-refractivity contribution in [1.29, 1.82) is 0 Å². The van der Waals surface area contributed by atoms with Gasteiger partial charge in [0.2, 0.25) is 0 Å². The molecule has 2 aromatic rings. The highest BCUT2D eigenvalue weighted by Crippen LogP contribution is 2.44. The van der Waals surface area contributed by atoms with E-state index in [1.54, 1.807) is 7.11 Å². The van der Waals surface area contributed by atoms with Crippen molar-refractivity contribution in [3.8, 4) is 0 Å². The number of fused-ring (bicyclic) bond motifs is 1. The van der Waals surface area contributed by atoms with Gasteiger partial charge >= 0.3 is 6.09 Å². The van der Waals surface area contributed by atoms with Gasteiger partial charge in [-0.25, -0.2) is 4.79 Å². The Balaban J connectivity index is 1.93. The molecule has 27 heavy (non-hydrogen) atoms. The van der Waals surface area contributed by atoms with Crippen molar-refractivity contribution in [1.82, 2.24) is 9.88 Å². The molecule has 1 aromatic heterocycles. The second kappa shape index (κ2) is 7.93. The summed E-state index contributed by atoms with van der Waals surface area (Å²) in [6, 6.07) is 6.40. The van der Waals surface area contributed by atoms with Crippen LogP contribution in [0.15, 0.2) is 24.4 Å². The molecule has 1 aromatic carbocycles. The van der Waals surface area contributed by atoms with Crippen LogP contribution in [0.5, 0.6) is 0 Å². The highest BCUT2D eigenvalue weighted by molar-refractivity contribution is 5.88. The number of aromatic nitrogens is 1. The summed E-state index contributed by atoms with van der Waals surface area (Å²) in [5.74, 6) is 0.482. The van der Waals surface area contributed by atoms with Crippen LogP contribution in [0.3, 0.4) is 0 Å². The summed E-state index contributed by atoms with van der Waals surface area (Å²) in [5.41, 5.74) is 3.17. The predicted molar refractivity (Wildman–Crippen MR) is 108 cm³/mol. The molecular weight excluding hydrogens is 340 g/mol. The molecule has 1 amide bonds. The van der Waals surface area contributed by atoms with Gasteiger partial charge in [0.25, 0.3) is 0 Å². The Labute approximate surface area is 162 Å². The van der Waals surface area contributed by atoms with E-state index in [4.69, 9.17) is 9.47 Å². The molecule has 0 saturated heterocycles. The van der Waals surface area contributed by atoms with Crippen LogP contribution < -0.4 is 5.32 Å². The number of amides is 1. The first-order chi connectivity index (χ1) is 12.8. The van der Waals surface area contributed by atoms with Crippen LogP contribution in [0, 0.1) is 12.8 Å². The third kappa shape index (κ3) is 4.83. The molecule has 1 saturated carbocycles. The molecule has 3 rings (SSSR count). The fourth-order valence-electron chi connectivity index (χ4n) is 3.68. The Bertz CT molecular complexity index is 800. The SMILES string of the molecule is COCCCn1cc(C(NC(=O)OC(C)(C)C)C2CC2)c2c(C)cccc21. The minimum atomic E-state index is -0.498. The topological polar surface area (TPSA) is 52.5 Å². The molecule has 0 aliphatic heterocycles. The Morgan fingerprint density at radius 2 is 2.07 bits per heavy atom. The minimum absolute atomic E-state index is 0.00729. The predicted octanol–water partition coefficient (Wildman–Crippen LogP) is 4.96. The number of carbonyl (C=O) groups excluding carboxylic acids is 1. The summed E-state index contributed by atoms with van der Waals surface area (Å²) >= 11 is 0. The molecule has 1 unspecified atom stereocenters. The lowest BCUT2D eigenvalue weighted by molar-refractivity contribution is 0.0497. The number of nitrogens with one attached hydrogen (secondary N) is 1. The summed E-state index contributed by atoms with van der Waals surface area (Å²) in [5, 5.41) is 4.41. The molecule has 5 nitrogen and oxygen atoms in total. The molecule has 1 aliphatic carbocycles. The number of hydrogen-bond donors (Lipinski definition) is 1. The first-order valence-electron chi connectivity index (χ1n) is 9.87. The largest absolute Gasteiger partial charge is 0.444 e. The molecule has 1 N–H and O–H groups in total. The molecule has 0 spiro atoms. The molecule has 0 radical (unpaired) electrons. The number of carbonyl (C=O) groups is 1. The van der Waals surface area contributed by atoms with Gasteiger partial charge in [-0.2, -0.15) is 0 Å². The quantitative estimate of drug-likeness (QED) is 0.699. The van der Waals surface area contributed by atoms with Gasteiger partial charge in [-0.3, -0.25) is 0 Å². The van der Waals surface area contributed by atoms with E-state index >= 15 is 0 Å². The fourth-order valence-corrected chi connectivity index (χ4v) is 3.68.